The van der Waals surface area contributed by atoms with Crippen LogP contribution in [0.4, 0.5) is 5.95 Å². The van der Waals surface area contributed by atoms with Crippen molar-refractivity contribution in [2.45, 2.75) is 44.8 Å². The molecular weight excluding hydrogens is 284 g/mol. The SMILES string of the molecule is Cc1ccnc(N2CC[C@H]3CC[C@@H](C2)N3Cc2ccccc2)n1. The maximum absolute atomic E-state index is 4.63. The summed E-state index contributed by atoms with van der Waals surface area (Å²) in [5, 5.41) is 0. The summed E-state index contributed by atoms with van der Waals surface area (Å²) in [5.74, 6) is 0.900. The standard InChI is InChI=1S/C19H24N4/c1-15-9-11-20-19(21-15)22-12-10-17-7-8-18(14-22)23(17)13-16-5-3-2-4-6-16/h2-6,9,11,17-18H,7-8,10,12-14H2,1H3/t17-,18+/m1/s1. The van der Waals surface area contributed by atoms with E-state index in [1.165, 1.54) is 24.8 Å². The van der Waals surface area contributed by atoms with Crippen molar-refractivity contribution in [2.24, 2.45) is 0 Å². The van der Waals surface area contributed by atoms with Gasteiger partial charge in [-0.15, -0.1) is 0 Å². The highest BCUT2D eigenvalue weighted by Crippen LogP contribution is 2.32. The van der Waals surface area contributed by atoms with Gasteiger partial charge in [-0.05, 0) is 37.8 Å². The van der Waals surface area contributed by atoms with Crippen LogP contribution >= 0.6 is 0 Å². The van der Waals surface area contributed by atoms with E-state index in [-0.39, 0.29) is 0 Å². The Balaban J connectivity index is 1.52. The fourth-order valence-corrected chi connectivity index (χ4v) is 3.99. The van der Waals surface area contributed by atoms with Gasteiger partial charge in [-0.3, -0.25) is 4.90 Å². The molecule has 0 saturated carbocycles. The van der Waals surface area contributed by atoms with Gasteiger partial charge in [0.05, 0.1) is 0 Å². The van der Waals surface area contributed by atoms with Crippen molar-refractivity contribution in [3.63, 3.8) is 0 Å². The number of hydrogen-bond donors (Lipinski definition) is 0. The van der Waals surface area contributed by atoms with Gasteiger partial charge in [-0.1, -0.05) is 30.3 Å². The monoisotopic (exact) mass is 308 g/mol. The smallest absolute Gasteiger partial charge is 0.225 e. The number of benzene rings is 1. The van der Waals surface area contributed by atoms with Gasteiger partial charge in [0.2, 0.25) is 5.95 Å². The summed E-state index contributed by atoms with van der Waals surface area (Å²) in [5.41, 5.74) is 2.47. The third-order valence-electron chi connectivity index (χ3n) is 5.21. The number of aromatic nitrogens is 2. The molecule has 2 saturated heterocycles. The number of aryl methyl sites for hydroxylation is 1. The molecule has 3 heterocycles. The third kappa shape index (κ3) is 3.08. The van der Waals surface area contributed by atoms with Crippen LogP contribution in [0.15, 0.2) is 42.6 Å². The van der Waals surface area contributed by atoms with E-state index in [2.05, 4.69) is 50.1 Å². The Morgan fingerprint density at radius 3 is 2.70 bits per heavy atom. The Hall–Kier alpha value is -1.94. The predicted molar refractivity (Wildman–Crippen MR) is 92.4 cm³/mol. The lowest BCUT2D eigenvalue weighted by Crippen LogP contribution is -2.39. The number of nitrogens with zero attached hydrogens (tertiary/aromatic N) is 4. The van der Waals surface area contributed by atoms with E-state index in [1.54, 1.807) is 0 Å². The lowest BCUT2D eigenvalue weighted by atomic mass is 10.1. The molecule has 0 spiro atoms. The Morgan fingerprint density at radius 2 is 1.87 bits per heavy atom. The van der Waals surface area contributed by atoms with E-state index in [0.717, 1.165) is 31.3 Å². The van der Waals surface area contributed by atoms with Crippen LogP contribution in [0.25, 0.3) is 0 Å². The number of anilines is 1. The second-order valence-corrected chi connectivity index (χ2v) is 6.78. The van der Waals surface area contributed by atoms with Crippen molar-refractivity contribution in [1.29, 1.82) is 0 Å². The molecule has 0 aliphatic carbocycles. The molecule has 4 rings (SSSR count). The summed E-state index contributed by atoms with van der Waals surface area (Å²) >= 11 is 0. The molecule has 2 fully saturated rings. The molecule has 2 bridgehead atoms. The molecule has 1 aromatic heterocycles. The van der Waals surface area contributed by atoms with E-state index < -0.39 is 0 Å². The molecule has 0 radical (unpaired) electrons. The van der Waals surface area contributed by atoms with Crippen molar-refractivity contribution in [2.75, 3.05) is 18.0 Å². The van der Waals surface area contributed by atoms with Gasteiger partial charge in [-0.25, -0.2) is 9.97 Å². The zero-order valence-electron chi connectivity index (χ0n) is 13.7. The normalized spacial score (nSPS) is 24.7. The summed E-state index contributed by atoms with van der Waals surface area (Å²) in [6.07, 6.45) is 5.71. The van der Waals surface area contributed by atoms with E-state index in [0.29, 0.717) is 12.1 Å². The highest BCUT2D eigenvalue weighted by molar-refractivity contribution is 5.31. The topological polar surface area (TPSA) is 32.3 Å². The van der Waals surface area contributed by atoms with Crippen molar-refractivity contribution in [1.82, 2.24) is 14.9 Å². The van der Waals surface area contributed by atoms with Crippen LogP contribution in [0.2, 0.25) is 0 Å². The Morgan fingerprint density at radius 1 is 1.04 bits per heavy atom. The fourth-order valence-electron chi connectivity index (χ4n) is 3.99. The minimum absolute atomic E-state index is 0.617. The Kier molecular flexibility index (Phi) is 4.00. The minimum atomic E-state index is 0.617. The van der Waals surface area contributed by atoms with Crippen LogP contribution in [-0.4, -0.2) is 40.0 Å². The first-order valence-electron chi connectivity index (χ1n) is 8.64. The maximum Gasteiger partial charge on any atom is 0.225 e. The summed E-state index contributed by atoms with van der Waals surface area (Å²) in [4.78, 5) is 14.2. The highest BCUT2D eigenvalue weighted by Gasteiger charge is 2.37. The highest BCUT2D eigenvalue weighted by atomic mass is 15.3. The first-order valence-corrected chi connectivity index (χ1v) is 8.64. The summed E-state index contributed by atoms with van der Waals surface area (Å²) in [7, 11) is 0. The average molecular weight is 308 g/mol. The van der Waals surface area contributed by atoms with Crippen molar-refractivity contribution < 1.29 is 0 Å². The molecule has 2 atom stereocenters. The molecule has 0 unspecified atom stereocenters. The number of fused-ring (bicyclic) bond motifs is 2. The largest absolute Gasteiger partial charge is 0.339 e. The molecule has 0 amide bonds. The lowest BCUT2D eigenvalue weighted by molar-refractivity contribution is 0.194. The van der Waals surface area contributed by atoms with Gasteiger partial charge >= 0.3 is 0 Å². The van der Waals surface area contributed by atoms with E-state index in [1.807, 2.05) is 19.2 Å². The van der Waals surface area contributed by atoms with Gasteiger partial charge < -0.3 is 4.90 Å². The van der Waals surface area contributed by atoms with Crippen LogP contribution in [0, 0.1) is 6.92 Å². The van der Waals surface area contributed by atoms with Crippen LogP contribution in [-0.2, 0) is 6.54 Å². The average Bonchev–Trinajstić information content (AvgIpc) is 2.82. The molecular formula is C19H24N4. The second-order valence-electron chi connectivity index (χ2n) is 6.78. The number of hydrogen-bond acceptors (Lipinski definition) is 4. The maximum atomic E-state index is 4.63. The Labute approximate surface area is 138 Å². The Bertz CT molecular complexity index is 657. The van der Waals surface area contributed by atoms with Gasteiger partial charge in [-0.2, -0.15) is 0 Å². The lowest BCUT2D eigenvalue weighted by Gasteiger charge is -2.29. The van der Waals surface area contributed by atoms with Crippen molar-refractivity contribution in [3.8, 4) is 0 Å². The molecule has 0 N–H and O–H groups in total. The molecule has 2 aromatic rings. The summed E-state index contributed by atoms with van der Waals surface area (Å²) < 4.78 is 0. The third-order valence-corrected chi connectivity index (χ3v) is 5.21. The van der Waals surface area contributed by atoms with Gasteiger partial charge in [0.1, 0.15) is 0 Å². The first kappa shape index (κ1) is 14.6. The quantitative estimate of drug-likeness (QED) is 0.872. The van der Waals surface area contributed by atoms with E-state index >= 15 is 0 Å². The first-order chi connectivity index (χ1) is 11.3. The molecule has 2 aliphatic heterocycles. The summed E-state index contributed by atoms with van der Waals surface area (Å²) in [6.45, 7) is 5.22. The molecule has 2 aliphatic rings. The van der Waals surface area contributed by atoms with Gasteiger partial charge in [0.25, 0.3) is 0 Å². The number of rotatable bonds is 3. The molecule has 120 valence electrons. The minimum Gasteiger partial charge on any atom is -0.339 e. The zero-order valence-corrected chi connectivity index (χ0v) is 13.7. The fraction of sp³-hybridized carbons (Fsp3) is 0.474. The van der Waals surface area contributed by atoms with Gasteiger partial charge in [0.15, 0.2) is 0 Å². The molecule has 23 heavy (non-hydrogen) atoms. The van der Waals surface area contributed by atoms with Crippen LogP contribution in [0.5, 0.6) is 0 Å². The van der Waals surface area contributed by atoms with Crippen molar-refractivity contribution in [3.05, 3.63) is 53.9 Å². The zero-order chi connectivity index (χ0) is 15.6. The van der Waals surface area contributed by atoms with Crippen LogP contribution < -0.4 is 4.90 Å². The van der Waals surface area contributed by atoms with Gasteiger partial charge in [0, 0.05) is 43.6 Å². The van der Waals surface area contributed by atoms with Crippen LogP contribution in [0.1, 0.15) is 30.5 Å². The van der Waals surface area contributed by atoms with Crippen LogP contribution in [0.3, 0.4) is 0 Å². The molecule has 4 heteroatoms. The van der Waals surface area contributed by atoms with E-state index in [4.69, 9.17) is 0 Å². The molecule has 1 aromatic carbocycles. The van der Waals surface area contributed by atoms with E-state index in [9.17, 15) is 0 Å². The second kappa shape index (κ2) is 6.28. The summed E-state index contributed by atoms with van der Waals surface area (Å²) in [6, 6.07) is 14.1. The predicted octanol–water partition coefficient (Wildman–Crippen LogP) is 3.03. The molecule has 4 nitrogen and oxygen atoms in total. The van der Waals surface area contributed by atoms with Crippen molar-refractivity contribution >= 4 is 5.95 Å².